The number of nitrogens with one attached hydrogen (secondary N) is 1. The molecule has 0 aliphatic heterocycles. The molecule has 0 amide bonds. The van der Waals surface area contributed by atoms with E-state index < -0.39 is 10.0 Å². The smallest absolute Gasteiger partial charge is 0.208 e. The van der Waals surface area contributed by atoms with Gasteiger partial charge in [0.2, 0.25) is 10.0 Å². The standard InChI is InChI=1S/C15H24BrNO2S/c1-3-4-5-6-7-8-13(2)17-20(18,19)15-11-9-14(16)10-12-15/h9-13,17H,3-8H2,1-2H3. The Hall–Kier alpha value is -0.390. The molecule has 0 fully saturated rings. The number of hydrogen-bond acceptors (Lipinski definition) is 2. The first-order valence-electron chi connectivity index (χ1n) is 7.23. The van der Waals surface area contributed by atoms with E-state index in [1.165, 1.54) is 25.7 Å². The van der Waals surface area contributed by atoms with Crippen LogP contribution in [0, 0.1) is 0 Å². The van der Waals surface area contributed by atoms with Crippen LogP contribution < -0.4 is 4.72 Å². The van der Waals surface area contributed by atoms with Gasteiger partial charge in [-0.1, -0.05) is 55.0 Å². The topological polar surface area (TPSA) is 46.2 Å². The van der Waals surface area contributed by atoms with E-state index >= 15 is 0 Å². The molecule has 1 unspecified atom stereocenters. The van der Waals surface area contributed by atoms with Crippen molar-refractivity contribution < 1.29 is 8.42 Å². The molecule has 3 nitrogen and oxygen atoms in total. The second-order valence-corrected chi connectivity index (χ2v) is 7.81. The Kier molecular flexibility index (Phi) is 7.77. The van der Waals surface area contributed by atoms with Crippen molar-refractivity contribution in [1.29, 1.82) is 0 Å². The largest absolute Gasteiger partial charge is 0.240 e. The van der Waals surface area contributed by atoms with Crippen LogP contribution in [-0.4, -0.2) is 14.5 Å². The molecule has 20 heavy (non-hydrogen) atoms. The molecule has 1 N–H and O–H groups in total. The van der Waals surface area contributed by atoms with Crippen LogP contribution in [0.4, 0.5) is 0 Å². The van der Waals surface area contributed by atoms with Crippen molar-refractivity contribution in [2.45, 2.75) is 63.3 Å². The third kappa shape index (κ3) is 6.37. The van der Waals surface area contributed by atoms with Gasteiger partial charge in [0, 0.05) is 10.5 Å². The van der Waals surface area contributed by atoms with E-state index in [9.17, 15) is 8.42 Å². The molecular formula is C15H24BrNO2S. The van der Waals surface area contributed by atoms with Crippen LogP contribution in [0.3, 0.4) is 0 Å². The number of unbranched alkanes of at least 4 members (excludes halogenated alkanes) is 4. The van der Waals surface area contributed by atoms with Gasteiger partial charge in [-0.25, -0.2) is 13.1 Å². The molecule has 0 aromatic heterocycles. The van der Waals surface area contributed by atoms with Gasteiger partial charge in [-0.2, -0.15) is 0 Å². The first-order chi connectivity index (χ1) is 9.45. The Morgan fingerprint density at radius 2 is 1.70 bits per heavy atom. The third-order valence-electron chi connectivity index (χ3n) is 3.22. The number of benzene rings is 1. The third-order valence-corrected chi connectivity index (χ3v) is 5.36. The highest BCUT2D eigenvalue weighted by Crippen LogP contribution is 2.15. The maximum Gasteiger partial charge on any atom is 0.240 e. The van der Waals surface area contributed by atoms with Gasteiger partial charge in [0.1, 0.15) is 0 Å². The molecule has 0 saturated carbocycles. The Labute approximate surface area is 131 Å². The fourth-order valence-corrected chi connectivity index (χ4v) is 3.60. The van der Waals surface area contributed by atoms with Crippen LogP contribution in [-0.2, 0) is 10.0 Å². The number of hydrogen-bond donors (Lipinski definition) is 1. The van der Waals surface area contributed by atoms with Gasteiger partial charge in [-0.15, -0.1) is 0 Å². The van der Waals surface area contributed by atoms with Crippen molar-refractivity contribution in [2.75, 3.05) is 0 Å². The predicted molar refractivity (Wildman–Crippen MR) is 87.3 cm³/mol. The minimum Gasteiger partial charge on any atom is -0.208 e. The molecule has 1 aromatic carbocycles. The summed E-state index contributed by atoms with van der Waals surface area (Å²) >= 11 is 3.30. The summed E-state index contributed by atoms with van der Waals surface area (Å²) in [6.07, 6.45) is 6.87. The molecule has 1 rings (SSSR count). The molecule has 1 atom stereocenters. The van der Waals surface area contributed by atoms with Crippen molar-refractivity contribution >= 4 is 26.0 Å². The minimum absolute atomic E-state index is 0.0229. The highest BCUT2D eigenvalue weighted by molar-refractivity contribution is 9.10. The van der Waals surface area contributed by atoms with E-state index in [1.807, 2.05) is 6.92 Å². The molecule has 0 radical (unpaired) electrons. The van der Waals surface area contributed by atoms with E-state index in [0.29, 0.717) is 4.90 Å². The maximum absolute atomic E-state index is 12.2. The molecule has 114 valence electrons. The minimum atomic E-state index is -3.39. The molecular weight excluding hydrogens is 338 g/mol. The van der Waals surface area contributed by atoms with E-state index in [-0.39, 0.29) is 6.04 Å². The van der Waals surface area contributed by atoms with Crippen LogP contribution in [0.15, 0.2) is 33.6 Å². The zero-order valence-electron chi connectivity index (χ0n) is 12.2. The average molecular weight is 362 g/mol. The van der Waals surface area contributed by atoms with E-state index in [1.54, 1.807) is 24.3 Å². The summed E-state index contributed by atoms with van der Waals surface area (Å²) in [4.78, 5) is 0.318. The predicted octanol–water partition coefficient (Wildman–Crippen LogP) is 4.48. The summed E-state index contributed by atoms with van der Waals surface area (Å²) in [5.74, 6) is 0. The van der Waals surface area contributed by atoms with Crippen molar-refractivity contribution in [3.05, 3.63) is 28.7 Å². The van der Waals surface area contributed by atoms with Crippen molar-refractivity contribution in [1.82, 2.24) is 4.72 Å². The van der Waals surface area contributed by atoms with Gasteiger partial charge in [0.15, 0.2) is 0 Å². The first-order valence-corrected chi connectivity index (χ1v) is 9.51. The lowest BCUT2D eigenvalue weighted by molar-refractivity contribution is 0.518. The summed E-state index contributed by atoms with van der Waals surface area (Å²) in [6, 6.07) is 6.68. The van der Waals surface area contributed by atoms with Crippen LogP contribution in [0.5, 0.6) is 0 Å². The van der Waals surface area contributed by atoms with Crippen molar-refractivity contribution in [2.24, 2.45) is 0 Å². The Bertz CT molecular complexity index is 485. The van der Waals surface area contributed by atoms with Crippen LogP contribution in [0.2, 0.25) is 0 Å². The molecule has 1 aromatic rings. The molecule has 0 aliphatic rings. The molecule has 0 bridgehead atoms. The number of sulfonamides is 1. The zero-order valence-corrected chi connectivity index (χ0v) is 14.6. The average Bonchev–Trinajstić information content (AvgIpc) is 2.38. The van der Waals surface area contributed by atoms with Gasteiger partial charge in [-0.3, -0.25) is 0 Å². The lowest BCUT2D eigenvalue weighted by Crippen LogP contribution is -2.32. The highest BCUT2D eigenvalue weighted by atomic mass is 79.9. The first kappa shape index (κ1) is 17.7. The molecule has 0 heterocycles. The van der Waals surface area contributed by atoms with Crippen molar-refractivity contribution in [3.8, 4) is 0 Å². The highest BCUT2D eigenvalue weighted by Gasteiger charge is 2.16. The van der Waals surface area contributed by atoms with Crippen LogP contribution in [0.1, 0.15) is 52.4 Å². The Balaban J connectivity index is 2.43. The summed E-state index contributed by atoms with van der Waals surface area (Å²) < 4.78 is 27.9. The van der Waals surface area contributed by atoms with Gasteiger partial charge >= 0.3 is 0 Å². The second-order valence-electron chi connectivity index (χ2n) is 5.18. The van der Waals surface area contributed by atoms with Gasteiger partial charge < -0.3 is 0 Å². The van der Waals surface area contributed by atoms with E-state index in [2.05, 4.69) is 27.6 Å². The zero-order chi connectivity index (χ0) is 15.0. The van der Waals surface area contributed by atoms with E-state index in [0.717, 1.165) is 17.3 Å². The molecule has 5 heteroatoms. The summed E-state index contributed by atoms with van der Waals surface area (Å²) in [7, 11) is -3.39. The second kappa shape index (κ2) is 8.80. The number of rotatable bonds is 9. The molecule has 0 saturated heterocycles. The SMILES string of the molecule is CCCCCCCC(C)NS(=O)(=O)c1ccc(Br)cc1. The summed E-state index contributed by atoms with van der Waals surface area (Å²) in [6.45, 7) is 4.12. The fourth-order valence-electron chi connectivity index (χ4n) is 2.06. The van der Waals surface area contributed by atoms with Crippen molar-refractivity contribution in [3.63, 3.8) is 0 Å². The quantitative estimate of drug-likeness (QED) is 0.659. The Morgan fingerprint density at radius 1 is 1.10 bits per heavy atom. The maximum atomic E-state index is 12.2. The molecule has 0 aliphatic carbocycles. The molecule has 0 spiro atoms. The van der Waals surface area contributed by atoms with Gasteiger partial charge in [0.25, 0.3) is 0 Å². The summed E-state index contributed by atoms with van der Waals surface area (Å²) in [5.41, 5.74) is 0. The lowest BCUT2D eigenvalue weighted by Gasteiger charge is -2.14. The lowest BCUT2D eigenvalue weighted by atomic mass is 10.1. The van der Waals surface area contributed by atoms with E-state index in [4.69, 9.17) is 0 Å². The van der Waals surface area contributed by atoms with Gasteiger partial charge in [0.05, 0.1) is 4.90 Å². The normalized spacial score (nSPS) is 13.3. The van der Waals surface area contributed by atoms with Gasteiger partial charge in [-0.05, 0) is 37.6 Å². The monoisotopic (exact) mass is 361 g/mol. The Morgan fingerprint density at radius 3 is 2.30 bits per heavy atom. The van der Waals surface area contributed by atoms with Crippen LogP contribution in [0.25, 0.3) is 0 Å². The number of halogens is 1. The summed E-state index contributed by atoms with van der Waals surface area (Å²) in [5, 5.41) is 0. The fraction of sp³-hybridized carbons (Fsp3) is 0.600. The van der Waals surface area contributed by atoms with Crippen LogP contribution >= 0.6 is 15.9 Å².